The molecule has 1 aliphatic heterocycles. The monoisotopic (exact) mass is 1030 g/mol. The fraction of sp³-hybridized carbons (Fsp3) is 0.554. The van der Waals surface area contributed by atoms with Crippen LogP contribution in [0.3, 0.4) is 0 Å². The van der Waals surface area contributed by atoms with Gasteiger partial charge in [-0.2, -0.15) is 5.10 Å². The van der Waals surface area contributed by atoms with Crippen molar-refractivity contribution in [1.29, 1.82) is 0 Å². The Labute approximate surface area is 436 Å². The molecule has 18 heteroatoms. The van der Waals surface area contributed by atoms with Crippen molar-refractivity contribution in [3.63, 3.8) is 0 Å². The number of cyclic esters (lactones) is 4. The average Bonchev–Trinajstić information content (AvgIpc) is 3.86. The number of ether oxygens (including phenoxy) is 4. The summed E-state index contributed by atoms with van der Waals surface area (Å²) < 4.78 is 25.6. The summed E-state index contributed by atoms with van der Waals surface area (Å²) in [5.41, 5.74) is 2.78. The molecule has 74 heavy (non-hydrogen) atoms. The van der Waals surface area contributed by atoms with E-state index >= 15 is 0 Å². The molecule has 0 bridgehead atoms. The predicted octanol–water partition coefficient (Wildman–Crippen LogP) is 5.83. The van der Waals surface area contributed by atoms with Gasteiger partial charge in [0.05, 0.1) is 6.54 Å². The highest BCUT2D eigenvalue weighted by Crippen LogP contribution is 2.24. The maximum atomic E-state index is 14.9. The second-order valence-electron chi connectivity index (χ2n) is 20.8. The molecule has 0 spiro atoms. The largest absolute Gasteiger partial charge is 0.451 e. The van der Waals surface area contributed by atoms with Gasteiger partial charge in [-0.25, -0.2) is 19.2 Å². The van der Waals surface area contributed by atoms with E-state index in [2.05, 4.69) is 5.10 Å². The number of carbonyl (C=O) groups is 8. The third-order valence-corrected chi connectivity index (χ3v) is 12.8. The van der Waals surface area contributed by atoms with Gasteiger partial charge < -0.3 is 38.5 Å². The Hall–Kier alpha value is -6.85. The van der Waals surface area contributed by atoms with Gasteiger partial charge in [-0.3, -0.25) is 23.9 Å². The van der Waals surface area contributed by atoms with Crippen LogP contribution in [-0.2, 0) is 76.7 Å². The number of hydrogen-bond acceptors (Lipinski definition) is 13. The molecule has 18 nitrogen and oxygen atoms in total. The molecule has 3 aromatic rings. The van der Waals surface area contributed by atoms with Gasteiger partial charge in [-0.05, 0) is 87.5 Å². The Morgan fingerprint density at radius 2 is 0.905 bits per heavy atom. The number of amides is 4. The molecule has 1 fully saturated rings. The van der Waals surface area contributed by atoms with Gasteiger partial charge in [0.2, 0.25) is 0 Å². The maximum Gasteiger partial charge on any atom is 0.333 e. The molecule has 1 aromatic heterocycles. The lowest BCUT2D eigenvalue weighted by Crippen LogP contribution is -2.54. The molecule has 2 aromatic carbocycles. The molecule has 4 rings (SSSR count). The van der Waals surface area contributed by atoms with Crippen molar-refractivity contribution >= 4 is 47.5 Å². The second-order valence-corrected chi connectivity index (χ2v) is 20.8. The third-order valence-electron chi connectivity index (χ3n) is 12.8. The normalized spacial score (nSPS) is 24.0. The molecule has 0 unspecified atom stereocenters. The molecule has 0 aliphatic carbocycles. The number of nitrogens with zero attached hydrogens (tertiary/aromatic N) is 6. The number of hydrogen-bond donors (Lipinski definition) is 0. The van der Waals surface area contributed by atoms with E-state index in [1.54, 1.807) is 67.2 Å². The summed E-state index contributed by atoms with van der Waals surface area (Å²) in [6.07, 6.45) is -0.982. The number of allylic oxidation sites excluding steroid dienone is 1. The van der Waals surface area contributed by atoms with Crippen LogP contribution in [0.15, 0.2) is 84.7 Å². The molecule has 4 amide bonds. The van der Waals surface area contributed by atoms with Crippen LogP contribution < -0.4 is 0 Å². The van der Waals surface area contributed by atoms with Crippen molar-refractivity contribution in [3.05, 3.63) is 101 Å². The fourth-order valence-electron chi connectivity index (χ4n) is 8.65. The van der Waals surface area contributed by atoms with E-state index in [0.717, 1.165) is 25.2 Å². The highest BCUT2D eigenvalue weighted by atomic mass is 16.6. The van der Waals surface area contributed by atoms with Crippen molar-refractivity contribution < 1.29 is 57.3 Å². The Kier molecular flexibility index (Phi) is 22.1. The fourth-order valence-corrected chi connectivity index (χ4v) is 8.65. The van der Waals surface area contributed by atoms with Gasteiger partial charge in [0.25, 0.3) is 23.6 Å². The molecule has 1 aliphatic rings. The summed E-state index contributed by atoms with van der Waals surface area (Å²) >= 11 is 0. The highest BCUT2D eigenvalue weighted by Gasteiger charge is 2.42. The van der Waals surface area contributed by atoms with Gasteiger partial charge in [-0.1, -0.05) is 108 Å². The van der Waals surface area contributed by atoms with E-state index in [9.17, 15) is 38.4 Å². The lowest BCUT2D eigenvalue weighted by atomic mass is 10.00. The summed E-state index contributed by atoms with van der Waals surface area (Å²) in [5, 5.41) is 4.27. The van der Waals surface area contributed by atoms with Crippen LogP contribution in [0.2, 0.25) is 0 Å². The minimum absolute atomic E-state index is 0.0838. The van der Waals surface area contributed by atoms with Crippen molar-refractivity contribution in [2.45, 2.75) is 156 Å². The predicted molar refractivity (Wildman–Crippen MR) is 277 cm³/mol. The van der Waals surface area contributed by atoms with Crippen LogP contribution in [0, 0.1) is 17.8 Å². The van der Waals surface area contributed by atoms with Crippen molar-refractivity contribution in [3.8, 4) is 0 Å². The van der Waals surface area contributed by atoms with Crippen LogP contribution in [-0.4, -0.2) is 154 Å². The standard InChI is InChI=1S/C56H78N6O12/c1-34(2)27-43-53(67)71-39(10)50(64)59(12)46(30-37(7)8)56(70)74-48(32-41-21-23-42(24-22-41)33-62-26-18-25-57-62)52(66)61(14)44(28-35(3)4)54(68)72-38(9)49(63)58(11)45(29-36(5)6)55(69)73-47(51(65)60(43)13)31-40-19-16-15-17-20-40/h15-26,29,34-35,37-39,43-48H,27-28,30-33H2,1-14H3/t38-,39-,43+,44+,45+,46+,47-,48-/m1/s1. The summed E-state index contributed by atoms with van der Waals surface area (Å²) in [4.78, 5) is 120. The molecule has 404 valence electrons. The Bertz CT molecular complexity index is 2420. The number of rotatable bonds is 13. The second kappa shape index (κ2) is 27.4. The summed E-state index contributed by atoms with van der Waals surface area (Å²) in [6, 6.07) is 12.7. The first kappa shape index (κ1) is 59.7. The van der Waals surface area contributed by atoms with E-state index in [1.807, 2.05) is 65.9 Å². The smallest absolute Gasteiger partial charge is 0.333 e. The first-order valence-electron chi connectivity index (χ1n) is 25.4. The minimum atomic E-state index is -1.53. The SMILES string of the molecule is CC(C)=C[C@H]1C(=O)O[C@H](Cc2ccccc2)C(=O)N(C)[C@@H](CC(C)C)C(=O)O[C@H](C)C(=O)N(C)[C@@H](CC(C)C)C(=O)O[C@H](Cc2ccc(Cn3cccn3)cc2)C(=O)N(C)[C@@H](CC(C)C)C(=O)O[C@H](C)C(=O)N1C. The Morgan fingerprint density at radius 3 is 1.32 bits per heavy atom. The zero-order chi connectivity index (χ0) is 55.1. The van der Waals surface area contributed by atoms with E-state index in [0.29, 0.717) is 23.2 Å². The molecule has 8 atom stereocenters. The van der Waals surface area contributed by atoms with Crippen LogP contribution in [0.1, 0.15) is 105 Å². The maximum absolute atomic E-state index is 14.9. The first-order chi connectivity index (χ1) is 34.8. The zero-order valence-electron chi connectivity index (χ0n) is 45.7. The summed E-state index contributed by atoms with van der Waals surface area (Å²) in [7, 11) is 5.50. The molecule has 2 heterocycles. The molecule has 0 saturated carbocycles. The van der Waals surface area contributed by atoms with Crippen LogP contribution in [0.25, 0.3) is 0 Å². The number of esters is 4. The van der Waals surface area contributed by atoms with Crippen molar-refractivity contribution in [1.82, 2.24) is 29.4 Å². The third kappa shape index (κ3) is 16.8. The highest BCUT2D eigenvalue weighted by molar-refractivity contribution is 5.95. The van der Waals surface area contributed by atoms with Gasteiger partial charge in [0.1, 0.15) is 24.2 Å². The number of aromatic nitrogens is 2. The van der Waals surface area contributed by atoms with Crippen LogP contribution in [0.4, 0.5) is 0 Å². The van der Waals surface area contributed by atoms with Gasteiger partial charge >= 0.3 is 23.9 Å². The molecular formula is C56H78N6O12. The molecular weight excluding hydrogens is 949 g/mol. The van der Waals surface area contributed by atoms with Crippen LogP contribution >= 0.6 is 0 Å². The van der Waals surface area contributed by atoms with Crippen molar-refractivity contribution in [2.75, 3.05) is 28.2 Å². The van der Waals surface area contributed by atoms with E-state index in [-0.39, 0.29) is 49.9 Å². The Morgan fingerprint density at radius 1 is 0.514 bits per heavy atom. The molecule has 1 saturated heterocycles. The number of benzene rings is 2. The summed E-state index contributed by atoms with van der Waals surface area (Å²) in [6.45, 7) is 17.7. The lowest BCUT2D eigenvalue weighted by molar-refractivity contribution is -0.175. The zero-order valence-corrected chi connectivity index (χ0v) is 45.7. The van der Waals surface area contributed by atoms with Crippen molar-refractivity contribution in [2.24, 2.45) is 17.8 Å². The van der Waals surface area contributed by atoms with Crippen LogP contribution in [0.5, 0.6) is 0 Å². The molecule has 0 radical (unpaired) electrons. The van der Waals surface area contributed by atoms with E-state index in [1.165, 1.54) is 48.1 Å². The molecule has 0 N–H and O–H groups in total. The van der Waals surface area contributed by atoms with E-state index in [4.69, 9.17) is 18.9 Å². The number of likely N-dealkylation sites (N-methyl/N-ethyl adjacent to an activating group) is 4. The van der Waals surface area contributed by atoms with E-state index < -0.39 is 96.1 Å². The topological polar surface area (TPSA) is 204 Å². The van der Waals surface area contributed by atoms with Gasteiger partial charge in [0.15, 0.2) is 24.4 Å². The first-order valence-corrected chi connectivity index (χ1v) is 25.4. The Balaban J connectivity index is 1.86. The summed E-state index contributed by atoms with van der Waals surface area (Å²) in [5.74, 6) is -7.31. The number of carbonyl (C=O) groups excluding carboxylic acids is 8. The van der Waals surface area contributed by atoms with Gasteiger partial charge in [-0.15, -0.1) is 0 Å². The average molecular weight is 1030 g/mol. The minimum Gasteiger partial charge on any atom is -0.451 e. The lowest BCUT2D eigenvalue weighted by Gasteiger charge is -2.35. The van der Waals surface area contributed by atoms with Gasteiger partial charge in [0, 0.05) is 53.4 Å². The quantitative estimate of drug-likeness (QED) is 0.113.